The fraction of sp³-hybridized carbons (Fsp3) is 0.867. The molecule has 4 unspecified atom stereocenters. The van der Waals surface area contributed by atoms with E-state index >= 15 is 0 Å². The standard InChI is InChI=1S/C8H18N2O2.C7H15NO2/c1-5-6(2)7(9)8(11)10(3)12-4;1-4-5(2)6(8-3)7(9)10/h6-7H,5,9H2,1-4H3;5-6,8H,4H2,1-3H3,(H,9,10). The number of carboxylic acid groups (broad SMARTS) is 1. The van der Waals surface area contributed by atoms with Crippen LogP contribution in [0.1, 0.15) is 40.5 Å². The molecule has 0 aliphatic rings. The van der Waals surface area contributed by atoms with Gasteiger partial charge in [-0.2, -0.15) is 0 Å². The molecule has 0 rings (SSSR count). The van der Waals surface area contributed by atoms with Crippen molar-refractivity contribution in [1.82, 2.24) is 10.4 Å². The third-order valence-electron chi connectivity index (χ3n) is 3.92. The molecule has 0 aromatic rings. The summed E-state index contributed by atoms with van der Waals surface area (Å²) in [4.78, 5) is 26.6. The number of hydrogen-bond donors (Lipinski definition) is 3. The number of nitrogens with two attached hydrogens (primary N) is 1. The maximum absolute atomic E-state index is 11.4. The molecule has 0 aromatic heterocycles. The van der Waals surface area contributed by atoms with Crippen LogP contribution in [-0.4, -0.2) is 55.3 Å². The van der Waals surface area contributed by atoms with Crippen molar-refractivity contribution >= 4 is 11.9 Å². The summed E-state index contributed by atoms with van der Waals surface area (Å²) in [7, 11) is 4.68. The van der Waals surface area contributed by atoms with Crippen LogP contribution in [0.5, 0.6) is 0 Å². The van der Waals surface area contributed by atoms with Crippen molar-refractivity contribution in [2.45, 2.75) is 52.6 Å². The second kappa shape index (κ2) is 12.4. The van der Waals surface area contributed by atoms with Gasteiger partial charge in [0.05, 0.1) is 13.2 Å². The van der Waals surface area contributed by atoms with E-state index in [4.69, 9.17) is 15.7 Å². The van der Waals surface area contributed by atoms with Crippen LogP contribution in [-0.2, 0) is 14.4 Å². The lowest BCUT2D eigenvalue weighted by molar-refractivity contribution is -0.171. The van der Waals surface area contributed by atoms with E-state index in [0.29, 0.717) is 0 Å². The molecule has 7 nitrogen and oxygen atoms in total. The molecular formula is C15H33N3O4. The van der Waals surface area contributed by atoms with Gasteiger partial charge in [0.25, 0.3) is 5.91 Å². The zero-order valence-electron chi connectivity index (χ0n) is 14.9. The van der Waals surface area contributed by atoms with Crippen LogP contribution in [0.4, 0.5) is 0 Å². The number of carboxylic acids is 1. The third-order valence-corrected chi connectivity index (χ3v) is 3.92. The Labute approximate surface area is 134 Å². The van der Waals surface area contributed by atoms with Gasteiger partial charge in [-0.1, -0.05) is 40.5 Å². The lowest BCUT2D eigenvalue weighted by atomic mass is 9.99. The molecule has 4 atom stereocenters. The Hall–Kier alpha value is -1.18. The molecular weight excluding hydrogens is 286 g/mol. The summed E-state index contributed by atoms with van der Waals surface area (Å²) < 4.78 is 0. The topological polar surface area (TPSA) is 105 Å². The smallest absolute Gasteiger partial charge is 0.320 e. The highest BCUT2D eigenvalue weighted by Crippen LogP contribution is 2.07. The molecule has 0 bridgehead atoms. The number of carbonyl (C=O) groups excluding carboxylic acids is 1. The SMILES string of the molecule is CCC(C)C(N)C(=O)N(C)OC.CCC(C)C(NC)C(=O)O. The van der Waals surface area contributed by atoms with Crippen LogP contribution < -0.4 is 11.1 Å². The van der Waals surface area contributed by atoms with Crippen molar-refractivity contribution in [3.05, 3.63) is 0 Å². The normalized spacial score (nSPS) is 15.8. The van der Waals surface area contributed by atoms with Crippen LogP contribution in [0.2, 0.25) is 0 Å². The Bertz CT molecular complexity index is 326. The average Bonchev–Trinajstić information content (AvgIpc) is 2.52. The molecule has 0 aliphatic carbocycles. The molecule has 0 saturated carbocycles. The summed E-state index contributed by atoms with van der Waals surface area (Å²) in [6, 6.07) is -0.857. The van der Waals surface area contributed by atoms with E-state index in [1.807, 2.05) is 27.7 Å². The minimum Gasteiger partial charge on any atom is -0.480 e. The van der Waals surface area contributed by atoms with Crippen molar-refractivity contribution in [3.8, 4) is 0 Å². The van der Waals surface area contributed by atoms with Crippen molar-refractivity contribution in [2.75, 3.05) is 21.2 Å². The number of rotatable bonds is 8. The number of nitrogens with zero attached hydrogens (tertiary/aromatic N) is 1. The largest absolute Gasteiger partial charge is 0.480 e. The van der Waals surface area contributed by atoms with Crippen molar-refractivity contribution in [1.29, 1.82) is 0 Å². The second-order valence-electron chi connectivity index (χ2n) is 5.42. The van der Waals surface area contributed by atoms with Gasteiger partial charge in [-0.25, -0.2) is 5.06 Å². The number of hydrogen-bond acceptors (Lipinski definition) is 5. The van der Waals surface area contributed by atoms with Crippen LogP contribution in [0, 0.1) is 11.8 Å². The molecule has 0 spiro atoms. The Kier molecular flexibility index (Phi) is 13.0. The van der Waals surface area contributed by atoms with Gasteiger partial charge >= 0.3 is 5.97 Å². The Balaban J connectivity index is 0. The Morgan fingerprint density at radius 2 is 1.68 bits per heavy atom. The van der Waals surface area contributed by atoms with E-state index in [1.165, 1.54) is 7.11 Å². The second-order valence-corrected chi connectivity index (χ2v) is 5.42. The van der Waals surface area contributed by atoms with E-state index in [-0.39, 0.29) is 17.7 Å². The van der Waals surface area contributed by atoms with Gasteiger partial charge in [-0.3, -0.25) is 14.4 Å². The first-order valence-electron chi connectivity index (χ1n) is 7.64. The molecule has 0 heterocycles. The molecule has 0 fully saturated rings. The highest BCUT2D eigenvalue weighted by atomic mass is 16.7. The van der Waals surface area contributed by atoms with Gasteiger partial charge in [0.1, 0.15) is 6.04 Å². The van der Waals surface area contributed by atoms with Gasteiger partial charge in [-0.05, 0) is 18.9 Å². The van der Waals surface area contributed by atoms with E-state index < -0.39 is 18.1 Å². The van der Waals surface area contributed by atoms with Crippen LogP contribution in [0.15, 0.2) is 0 Å². The fourth-order valence-corrected chi connectivity index (χ4v) is 1.68. The van der Waals surface area contributed by atoms with Gasteiger partial charge in [0, 0.05) is 7.05 Å². The van der Waals surface area contributed by atoms with E-state index in [0.717, 1.165) is 17.9 Å². The van der Waals surface area contributed by atoms with Crippen molar-refractivity contribution in [3.63, 3.8) is 0 Å². The summed E-state index contributed by atoms with van der Waals surface area (Å²) in [5, 5.41) is 12.5. The molecule has 1 amide bonds. The van der Waals surface area contributed by atoms with Gasteiger partial charge in [0.15, 0.2) is 0 Å². The first-order chi connectivity index (χ1) is 10.2. The lowest BCUT2D eigenvalue weighted by Gasteiger charge is -2.22. The number of nitrogens with one attached hydrogen (secondary N) is 1. The maximum Gasteiger partial charge on any atom is 0.320 e. The highest BCUT2D eigenvalue weighted by molar-refractivity contribution is 5.80. The highest BCUT2D eigenvalue weighted by Gasteiger charge is 2.22. The molecule has 0 aromatic carbocycles. The number of carbonyl (C=O) groups is 2. The zero-order valence-corrected chi connectivity index (χ0v) is 14.9. The quantitative estimate of drug-likeness (QED) is 0.578. The predicted molar refractivity (Wildman–Crippen MR) is 87.1 cm³/mol. The van der Waals surface area contributed by atoms with Crippen LogP contribution in [0.25, 0.3) is 0 Å². The minimum absolute atomic E-state index is 0.174. The molecule has 0 aliphatic heterocycles. The molecule has 0 saturated heterocycles. The summed E-state index contributed by atoms with van der Waals surface area (Å²) in [6.45, 7) is 7.86. The van der Waals surface area contributed by atoms with Gasteiger partial charge < -0.3 is 16.2 Å². The van der Waals surface area contributed by atoms with E-state index in [1.54, 1.807) is 14.1 Å². The van der Waals surface area contributed by atoms with Crippen molar-refractivity contribution < 1.29 is 19.5 Å². The number of amides is 1. The van der Waals surface area contributed by atoms with Gasteiger partial charge in [-0.15, -0.1) is 0 Å². The average molecular weight is 319 g/mol. The number of likely N-dealkylation sites (N-methyl/N-ethyl adjacent to an activating group) is 2. The van der Waals surface area contributed by atoms with Crippen LogP contribution >= 0.6 is 0 Å². The van der Waals surface area contributed by atoms with Gasteiger partial charge in [0.2, 0.25) is 0 Å². The maximum atomic E-state index is 11.4. The number of aliphatic carboxylic acids is 1. The van der Waals surface area contributed by atoms with E-state index in [9.17, 15) is 9.59 Å². The first-order valence-corrected chi connectivity index (χ1v) is 7.64. The van der Waals surface area contributed by atoms with E-state index in [2.05, 4.69) is 5.32 Å². The Morgan fingerprint density at radius 3 is 1.91 bits per heavy atom. The summed E-state index contributed by atoms with van der Waals surface area (Å²) in [5.41, 5.74) is 5.68. The summed E-state index contributed by atoms with van der Waals surface area (Å²) in [6.07, 6.45) is 1.78. The minimum atomic E-state index is -0.767. The fourth-order valence-electron chi connectivity index (χ4n) is 1.68. The molecule has 7 heteroatoms. The third kappa shape index (κ3) is 8.31. The Morgan fingerprint density at radius 1 is 1.23 bits per heavy atom. The van der Waals surface area contributed by atoms with Crippen molar-refractivity contribution in [2.24, 2.45) is 17.6 Å². The molecule has 132 valence electrons. The number of hydroxylamine groups is 2. The molecule has 4 N–H and O–H groups in total. The summed E-state index contributed by atoms with van der Waals surface area (Å²) in [5.74, 6) is -0.554. The molecule has 0 radical (unpaired) electrons. The lowest BCUT2D eigenvalue weighted by Crippen LogP contribution is -2.44. The predicted octanol–water partition coefficient (Wildman–Crippen LogP) is 1.08. The monoisotopic (exact) mass is 319 g/mol. The summed E-state index contributed by atoms with van der Waals surface area (Å²) >= 11 is 0. The molecule has 22 heavy (non-hydrogen) atoms. The van der Waals surface area contributed by atoms with Crippen LogP contribution in [0.3, 0.4) is 0 Å². The zero-order chi connectivity index (χ0) is 17.9. The first kappa shape index (κ1) is 23.1.